The number of hydrogen-bond donors (Lipinski definition) is 1. The molecule has 4 heteroatoms. The third-order valence-electron chi connectivity index (χ3n) is 3.56. The lowest BCUT2D eigenvalue weighted by molar-refractivity contribution is 0.0650. The Kier molecular flexibility index (Phi) is 4.22. The van der Waals surface area contributed by atoms with E-state index in [9.17, 15) is 4.79 Å². The number of nitrogens with zero attached hydrogens (tertiary/aromatic N) is 2. The molecule has 1 aliphatic rings. The van der Waals surface area contributed by atoms with E-state index in [0.717, 1.165) is 49.5 Å². The minimum Gasteiger partial charge on any atom is -0.399 e. The van der Waals surface area contributed by atoms with Crippen molar-refractivity contribution in [1.82, 2.24) is 9.80 Å². The number of carbonyl (C=O) groups is 1. The summed E-state index contributed by atoms with van der Waals surface area (Å²) in [5.74, 6) is 0.0985. The molecule has 4 nitrogen and oxygen atoms in total. The van der Waals surface area contributed by atoms with Gasteiger partial charge in [0.1, 0.15) is 0 Å². The van der Waals surface area contributed by atoms with Gasteiger partial charge in [0.2, 0.25) is 0 Å². The van der Waals surface area contributed by atoms with Crippen molar-refractivity contribution in [2.75, 3.05) is 38.5 Å². The van der Waals surface area contributed by atoms with E-state index in [2.05, 4.69) is 11.5 Å². The molecule has 2 rings (SSSR count). The van der Waals surface area contributed by atoms with Gasteiger partial charge < -0.3 is 10.6 Å². The molecule has 0 unspecified atom stereocenters. The Morgan fingerprint density at radius 2 is 2.05 bits per heavy atom. The van der Waals surface area contributed by atoms with Gasteiger partial charge in [-0.15, -0.1) is 6.58 Å². The van der Waals surface area contributed by atoms with Crippen molar-refractivity contribution >= 4 is 11.6 Å². The highest BCUT2D eigenvalue weighted by molar-refractivity contribution is 5.95. The fourth-order valence-electron chi connectivity index (χ4n) is 2.31. The van der Waals surface area contributed by atoms with Crippen LogP contribution in [0, 0.1) is 6.92 Å². The zero-order valence-corrected chi connectivity index (χ0v) is 11.4. The number of piperazine rings is 1. The van der Waals surface area contributed by atoms with Gasteiger partial charge in [-0.3, -0.25) is 9.69 Å². The Morgan fingerprint density at radius 1 is 1.37 bits per heavy atom. The van der Waals surface area contributed by atoms with Gasteiger partial charge in [0, 0.05) is 44.0 Å². The Bertz CT molecular complexity index is 476. The minimum absolute atomic E-state index is 0.0985. The van der Waals surface area contributed by atoms with E-state index in [0.29, 0.717) is 0 Å². The van der Waals surface area contributed by atoms with Crippen LogP contribution >= 0.6 is 0 Å². The molecule has 1 heterocycles. The van der Waals surface area contributed by atoms with Crippen molar-refractivity contribution in [3.63, 3.8) is 0 Å². The van der Waals surface area contributed by atoms with Crippen LogP contribution in [0.5, 0.6) is 0 Å². The molecule has 1 saturated heterocycles. The van der Waals surface area contributed by atoms with E-state index in [-0.39, 0.29) is 5.91 Å². The molecule has 19 heavy (non-hydrogen) atoms. The summed E-state index contributed by atoms with van der Waals surface area (Å²) in [6, 6.07) is 5.48. The van der Waals surface area contributed by atoms with Crippen molar-refractivity contribution in [2.45, 2.75) is 6.92 Å². The zero-order chi connectivity index (χ0) is 13.8. The maximum atomic E-state index is 12.4. The first-order valence-corrected chi connectivity index (χ1v) is 6.60. The molecule has 0 atom stereocenters. The number of anilines is 1. The summed E-state index contributed by atoms with van der Waals surface area (Å²) in [4.78, 5) is 16.6. The SMILES string of the molecule is C=CCN1CCN(C(=O)c2ccc(N)c(C)c2)CC1. The molecule has 2 N–H and O–H groups in total. The lowest BCUT2D eigenvalue weighted by atomic mass is 10.1. The molecule has 1 aromatic rings. The van der Waals surface area contributed by atoms with E-state index in [1.54, 1.807) is 12.1 Å². The van der Waals surface area contributed by atoms with Gasteiger partial charge in [0.05, 0.1) is 0 Å². The highest BCUT2D eigenvalue weighted by atomic mass is 16.2. The van der Waals surface area contributed by atoms with Crippen LogP contribution in [0.4, 0.5) is 5.69 Å². The highest BCUT2D eigenvalue weighted by Crippen LogP contribution is 2.15. The molecule has 0 spiro atoms. The second-order valence-corrected chi connectivity index (χ2v) is 4.95. The minimum atomic E-state index is 0.0985. The molecule has 0 bridgehead atoms. The number of carbonyl (C=O) groups excluding carboxylic acids is 1. The molecule has 0 saturated carbocycles. The Hall–Kier alpha value is -1.81. The molecule has 102 valence electrons. The average molecular weight is 259 g/mol. The lowest BCUT2D eigenvalue weighted by Gasteiger charge is -2.34. The number of amides is 1. The van der Waals surface area contributed by atoms with Crippen LogP contribution in [-0.4, -0.2) is 48.4 Å². The maximum Gasteiger partial charge on any atom is 0.253 e. The molecule has 0 radical (unpaired) electrons. The molecule has 1 aromatic carbocycles. The average Bonchev–Trinajstić information content (AvgIpc) is 2.42. The largest absolute Gasteiger partial charge is 0.399 e. The van der Waals surface area contributed by atoms with Crippen LogP contribution in [0.1, 0.15) is 15.9 Å². The van der Waals surface area contributed by atoms with Crippen molar-refractivity contribution in [3.8, 4) is 0 Å². The molecule has 0 aliphatic carbocycles. The summed E-state index contributed by atoms with van der Waals surface area (Å²) in [6.45, 7) is 9.92. The lowest BCUT2D eigenvalue weighted by Crippen LogP contribution is -2.48. The van der Waals surface area contributed by atoms with Crippen molar-refractivity contribution in [2.24, 2.45) is 0 Å². The van der Waals surface area contributed by atoms with Crippen molar-refractivity contribution in [1.29, 1.82) is 0 Å². The molecule has 1 amide bonds. The molecule has 1 aliphatic heterocycles. The molecule has 1 fully saturated rings. The summed E-state index contributed by atoms with van der Waals surface area (Å²) in [5.41, 5.74) is 8.19. The smallest absolute Gasteiger partial charge is 0.253 e. The van der Waals surface area contributed by atoms with Crippen LogP contribution in [0.2, 0.25) is 0 Å². The van der Waals surface area contributed by atoms with Crippen LogP contribution in [-0.2, 0) is 0 Å². The summed E-state index contributed by atoms with van der Waals surface area (Å²) >= 11 is 0. The number of rotatable bonds is 3. The van der Waals surface area contributed by atoms with Crippen molar-refractivity contribution in [3.05, 3.63) is 42.0 Å². The van der Waals surface area contributed by atoms with Crippen LogP contribution in [0.25, 0.3) is 0 Å². The summed E-state index contributed by atoms with van der Waals surface area (Å²) in [7, 11) is 0. The van der Waals surface area contributed by atoms with Gasteiger partial charge in [-0.1, -0.05) is 6.08 Å². The van der Waals surface area contributed by atoms with Crippen molar-refractivity contribution < 1.29 is 4.79 Å². The van der Waals surface area contributed by atoms with Gasteiger partial charge in [0.25, 0.3) is 5.91 Å². The van der Waals surface area contributed by atoms with E-state index >= 15 is 0 Å². The first-order chi connectivity index (χ1) is 9.11. The fraction of sp³-hybridized carbons (Fsp3) is 0.400. The van der Waals surface area contributed by atoms with E-state index < -0.39 is 0 Å². The number of nitrogen functional groups attached to an aromatic ring is 1. The summed E-state index contributed by atoms with van der Waals surface area (Å²) in [5, 5.41) is 0. The van der Waals surface area contributed by atoms with Crippen LogP contribution in [0.3, 0.4) is 0 Å². The van der Waals surface area contributed by atoms with Gasteiger partial charge in [0.15, 0.2) is 0 Å². The van der Waals surface area contributed by atoms with E-state index in [4.69, 9.17) is 5.73 Å². The van der Waals surface area contributed by atoms with Crippen LogP contribution < -0.4 is 5.73 Å². The maximum absolute atomic E-state index is 12.4. The van der Waals surface area contributed by atoms with Gasteiger partial charge in [-0.05, 0) is 30.7 Å². The number of aryl methyl sites for hydroxylation is 1. The molecule has 0 aromatic heterocycles. The summed E-state index contributed by atoms with van der Waals surface area (Å²) in [6.07, 6.45) is 1.90. The first kappa shape index (κ1) is 13.6. The highest BCUT2D eigenvalue weighted by Gasteiger charge is 2.21. The predicted octanol–water partition coefficient (Wildman–Crippen LogP) is 1.52. The quantitative estimate of drug-likeness (QED) is 0.661. The standard InChI is InChI=1S/C15H21N3O/c1-3-6-17-7-9-18(10-8-17)15(19)13-4-5-14(16)12(2)11-13/h3-5,11H,1,6-10,16H2,2H3. The third kappa shape index (κ3) is 3.15. The van der Waals surface area contributed by atoms with E-state index in [1.807, 2.05) is 24.0 Å². The van der Waals surface area contributed by atoms with Crippen LogP contribution in [0.15, 0.2) is 30.9 Å². The first-order valence-electron chi connectivity index (χ1n) is 6.60. The number of benzene rings is 1. The third-order valence-corrected chi connectivity index (χ3v) is 3.56. The summed E-state index contributed by atoms with van der Waals surface area (Å²) < 4.78 is 0. The van der Waals surface area contributed by atoms with Gasteiger partial charge in [-0.2, -0.15) is 0 Å². The molecular weight excluding hydrogens is 238 g/mol. The number of hydrogen-bond acceptors (Lipinski definition) is 3. The number of nitrogens with two attached hydrogens (primary N) is 1. The Balaban J connectivity index is 2.01. The predicted molar refractivity (Wildman–Crippen MR) is 78.1 cm³/mol. The normalized spacial score (nSPS) is 16.4. The van der Waals surface area contributed by atoms with Gasteiger partial charge in [-0.25, -0.2) is 0 Å². The second kappa shape index (κ2) is 5.89. The Morgan fingerprint density at radius 3 is 2.63 bits per heavy atom. The fourth-order valence-corrected chi connectivity index (χ4v) is 2.31. The topological polar surface area (TPSA) is 49.6 Å². The second-order valence-electron chi connectivity index (χ2n) is 4.95. The zero-order valence-electron chi connectivity index (χ0n) is 11.4. The monoisotopic (exact) mass is 259 g/mol. The molecular formula is C15H21N3O. The van der Waals surface area contributed by atoms with Gasteiger partial charge >= 0.3 is 0 Å². The Labute approximate surface area is 114 Å². The van der Waals surface area contributed by atoms with E-state index in [1.165, 1.54) is 0 Å².